The molecule has 0 saturated carbocycles. The summed E-state index contributed by atoms with van der Waals surface area (Å²) in [4.78, 5) is 14.3. The number of hydrogen-bond acceptors (Lipinski definition) is 4. The number of benzene rings is 1. The molecule has 2 unspecified atom stereocenters. The molecule has 0 radical (unpaired) electrons. The molecule has 0 aliphatic carbocycles. The van der Waals surface area contributed by atoms with Crippen LogP contribution in [0.25, 0.3) is 0 Å². The summed E-state index contributed by atoms with van der Waals surface area (Å²) in [6.45, 7) is 3.26. The second-order valence-electron chi connectivity index (χ2n) is 5.48. The highest BCUT2D eigenvalue weighted by molar-refractivity contribution is 7.90. The fourth-order valence-corrected chi connectivity index (χ4v) is 3.06. The Bertz CT molecular complexity index is 618. The monoisotopic (exact) mass is 332 g/mol. The molecule has 1 heterocycles. The SMILES string of the molecule is CC1CN(C(=O)c2cccc(S(C)(=O)=O)c2)CCC1N.Cl. The van der Waals surface area contributed by atoms with Crippen molar-refractivity contribution < 1.29 is 13.2 Å². The van der Waals surface area contributed by atoms with Gasteiger partial charge in [0.1, 0.15) is 0 Å². The normalized spacial score (nSPS) is 22.5. The molecule has 2 atom stereocenters. The zero-order valence-electron chi connectivity index (χ0n) is 12.2. The number of sulfone groups is 1. The smallest absolute Gasteiger partial charge is 0.253 e. The van der Waals surface area contributed by atoms with Gasteiger partial charge in [-0.25, -0.2) is 8.42 Å². The number of piperidine rings is 1. The van der Waals surface area contributed by atoms with Crippen molar-refractivity contribution in [3.63, 3.8) is 0 Å². The molecule has 1 fully saturated rings. The van der Waals surface area contributed by atoms with Crippen LogP contribution in [0.15, 0.2) is 29.2 Å². The van der Waals surface area contributed by atoms with Gasteiger partial charge in [-0.15, -0.1) is 12.4 Å². The summed E-state index contributed by atoms with van der Waals surface area (Å²) in [5.74, 6) is 0.125. The topological polar surface area (TPSA) is 80.5 Å². The van der Waals surface area contributed by atoms with E-state index in [9.17, 15) is 13.2 Å². The zero-order valence-corrected chi connectivity index (χ0v) is 13.8. The minimum absolute atomic E-state index is 0. The fourth-order valence-electron chi connectivity index (χ4n) is 2.39. The van der Waals surface area contributed by atoms with Gasteiger partial charge in [-0.05, 0) is 30.5 Å². The summed E-state index contributed by atoms with van der Waals surface area (Å²) in [6.07, 6.45) is 1.91. The first-order valence-electron chi connectivity index (χ1n) is 6.64. The third-order valence-electron chi connectivity index (χ3n) is 3.77. The van der Waals surface area contributed by atoms with E-state index in [1.165, 1.54) is 12.1 Å². The molecular weight excluding hydrogens is 312 g/mol. The van der Waals surface area contributed by atoms with Crippen LogP contribution < -0.4 is 5.73 Å². The van der Waals surface area contributed by atoms with E-state index >= 15 is 0 Å². The second-order valence-corrected chi connectivity index (χ2v) is 7.50. The largest absolute Gasteiger partial charge is 0.338 e. The lowest BCUT2D eigenvalue weighted by atomic mass is 9.94. The lowest BCUT2D eigenvalue weighted by molar-refractivity contribution is 0.0664. The molecule has 118 valence electrons. The molecule has 1 aliphatic heterocycles. The molecule has 21 heavy (non-hydrogen) atoms. The second kappa shape index (κ2) is 6.77. The Morgan fingerprint density at radius 2 is 2.05 bits per heavy atom. The Balaban J connectivity index is 0.00000220. The molecule has 1 aromatic rings. The number of hydrogen-bond donors (Lipinski definition) is 1. The molecule has 2 rings (SSSR count). The van der Waals surface area contributed by atoms with Gasteiger partial charge in [0.2, 0.25) is 0 Å². The van der Waals surface area contributed by atoms with E-state index in [0.717, 1.165) is 12.7 Å². The van der Waals surface area contributed by atoms with Gasteiger partial charge in [0.25, 0.3) is 5.91 Å². The van der Waals surface area contributed by atoms with Crippen LogP contribution in [0.2, 0.25) is 0 Å². The third kappa shape index (κ3) is 4.18. The maximum atomic E-state index is 12.4. The molecule has 7 heteroatoms. The number of nitrogens with two attached hydrogens (primary N) is 1. The molecule has 2 N–H and O–H groups in total. The highest BCUT2D eigenvalue weighted by Gasteiger charge is 2.27. The number of carbonyl (C=O) groups is 1. The summed E-state index contributed by atoms with van der Waals surface area (Å²) < 4.78 is 23.1. The predicted octanol–water partition coefficient (Wildman–Crippen LogP) is 1.32. The highest BCUT2D eigenvalue weighted by Crippen LogP contribution is 2.19. The number of halogens is 1. The first kappa shape index (κ1) is 17.9. The summed E-state index contributed by atoms with van der Waals surface area (Å²) in [6, 6.07) is 6.32. The van der Waals surface area contributed by atoms with Gasteiger partial charge in [-0.1, -0.05) is 13.0 Å². The first-order chi connectivity index (χ1) is 9.29. The van der Waals surface area contributed by atoms with E-state index in [2.05, 4.69) is 0 Å². The summed E-state index contributed by atoms with van der Waals surface area (Å²) >= 11 is 0. The molecule has 1 amide bonds. The van der Waals surface area contributed by atoms with Gasteiger partial charge >= 0.3 is 0 Å². The van der Waals surface area contributed by atoms with Crippen LogP contribution in [0.4, 0.5) is 0 Å². The highest BCUT2D eigenvalue weighted by atomic mass is 35.5. The van der Waals surface area contributed by atoms with Gasteiger partial charge in [0, 0.05) is 31.0 Å². The minimum atomic E-state index is -3.30. The van der Waals surface area contributed by atoms with Crippen LogP contribution in [0.1, 0.15) is 23.7 Å². The first-order valence-corrected chi connectivity index (χ1v) is 8.53. The molecule has 1 saturated heterocycles. The quantitative estimate of drug-likeness (QED) is 0.885. The van der Waals surface area contributed by atoms with Crippen molar-refractivity contribution in [2.24, 2.45) is 11.7 Å². The van der Waals surface area contributed by atoms with Crippen LogP contribution in [-0.2, 0) is 9.84 Å². The molecule has 5 nitrogen and oxygen atoms in total. The van der Waals surface area contributed by atoms with Crippen LogP contribution in [0, 0.1) is 5.92 Å². The van der Waals surface area contributed by atoms with Gasteiger partial charge < -0.3 is 10.6 Å². The van der Waals surface area contributed by atoms with Crippen molar-refractivity contribution in [1.82, 2.24) is 4.90 Å². The van der Waals surface area contributed by atoms with Crippen molar-refractivity contribution in [2.45, 2.75) is 24.3 Å². The summed E-state index contributed by atoms with van der Waals surface area (Å²) in [7, 11) is -3.30. The van der Waals surface area contributed by atoms with Crippen LogP contribution in [-0.4, -0.2) is 44.6 Å². The molecule has 0 bridgehead atoms. The average molecular weight is 333 g/mol. The van der Waals surface area contributed by atoms with Gasteiger partial charge in [0.15, 0.2) is 9.84 Å². The standard InChI is InChI=1S/C14H20N2O3S.ClH/c1-10-9-16(7-6-13(10)15)14(17)11-4-3-5-12(8-11)20(2,18)19;/h3-5,8,10,13H,6-7,9,15H2,1-2H3;1H. The molecule has 1 aliphatic rings. The van der Waals surface area contributed by atoms with E-state index < -0.39 is 9.84 Å². The number of rotatable bonds is 2. The number of likely N-dealkylation sites (tertiary alicyclic amines) is 1. The predicted molar refractivity (Wildman–Crippen MR) is 84.5 cm³/mol. The van der Waals surface area contributed by atoms with Crippen LogP contribution >= 0.6 is 12.4 Å². The van der Waals surface area contributed by atoms with Gasteiger partial charge in [-0.3, -0.25) is 4.79 Å². The van der Waals surface area contributed by atoms with E-state index in [4.69, 9.17) is 5.73 Å². The number of nitrogens with zero attached hydrogens (tertiary/aromatic N) is 1. The van der Waals surface area contributed by atoms with E-state index in [0.29, 0.717) is 18.7 Å². The van der Waals surface area contributed by atoms with Crippen LogP contribution in [0.3, 0.4) is 0 Å². The van der Waals surface area contributed by atoms with E-state index in [-0.39, 0.29) is 35.2 Å². The summed E-state index contributed by atoms with van der Waals surface area (Å²) in [5, 5.41) is 0. The van der Waals surface area contributed by atoms with Crippen molar-refractivity contribution in [2.75, 3.05) is 19.3 Å². The fraction of sp³-hybridized carbons (Fsp3) is 0.500. The van der Waals surface area contributed by atoms with Crippen LogP contribution in [0.5, 0.6) is 0 Å². The Hall–Kier alpha value is -1.11. The maximum Gasteiger partial charge on any atom is 0.253 e. The molecule has 0 aromatic heterocycles. The number of carbonyl (C=O) groups excluding carboxylic acids is 1. The van der Waals surface area contributed by atoms with Crippen molar-refractivity contribution in [3.8, 4) is 0 Å². The Morgan fingerprint density at radius 1 is 1.38 bits per heavy atom. The molecular formula is C14H21ClN2O3S. The Kier molecular flexibility index (Phi) is 5.78. The Labute approximate surface area is 131 Å². The number of amides is 1. The van der Waals surface area contributed by atoms with Crippen molar-refractivity contribution >= 4 is 28.2 Å². The molecule has 1 aromatic carbocycles. The molecule has 0 spiro atoms. The lowest BCUT2D eigenvalue weighted by Gasteiger charge is -2.35. The van der Waals surface area contributed by atoms with E-state index in [1.54, 1.807) is 17.0 Å². The van der Waals surface area contributed by atoms with Crippen molar-refractivity contribution in [3.05, 3.63) is 29.8 Å². The zero-order chi connectivity index (χ0) is 14.9. The lowest BCUT2D eigenvalue weighted by Crippen LogP contribution is -2.48. The van der Waals surface area contributed by atoms with Crippen molar-refractivity contribution in [1.29, 1.82) is 0 Å². The third-order valence-corrected chi connectivity index (χ3v) is 4.88. The maximum absolute atomic E-state index is 12.4. The average Bonchev–Trinajstić information content (AvgIpc) is 2.40. The minimum Gasteiger partial charge on any atom is -0.338 e. The Morgan fingerprint density at radius 3 is 2.62 bits per heavy atom. The van der Waals surface area contributed by atoms with E-state index in [1.807, 2.05) is 6.92 Å². The van der Waals surface area contributed by atoms with Gasteiger partial charge in [-0.2, -0.15) is 0 Å². The van der Waals surface area contributed by atoms with Gasteiger partial charge in [0.05, 0.1) is 4.90 Å². The summed E-state index contributed by atoms with van der Waals surface area (Å²) in [5.41, 5.74) is 6.36.